The summed E-state index contributed by atoms with van der Waals surface area (Å²) in [5.41, 5.74) is 1.06. The zero-order chi connectivity index (χ0) is 19.3. The molecule has 27 heavy (non-hydrogen) atoms. The van der Waals surface area contributed by atoms with Crippen molar-refractivity contribution in [2.75, 3.05) is 23.9 Å². The number of hydrogen-bond acceptors (Lipinski definition) is 4. The molecule has 0 radical (unpaired) electrons. The van der Waals surface area contributed by atoms with Crippen molar-refractivity contribution in [3.05, 3.63) is 79.1 Å². The van der Waals surface area contributed by atoms with E-state index < -0.39 is 0 Å². The third kappa shape index (κ3) is 6.91. The fraction of sp³-hybridized carbons (Fsp3) is 0.217. The zero-order valence-electron chi connectivity index (χ0n) is 16.2. The number of thioether (sulfide) groups is 1. The highest BCUT2D eigenvalue weighted by Gasteiger charge is 1.97. The van der Waals surface area contributed by atoms with Crippen LogP contribution in [0.4, 0.5) is 5.82 Å². The van der Waals surface area contributed by atoms with Gasteiger partial charge in [0.05, 0.1) is 5.52 Å². The van der Waals surface area contributed by atoms with Gasteiger partial charge in [0.2, 0.25) is 0 Å². The molecule has 0 spiro atoms. The summed E-state index contributed by atoms with van der Waals surface area (Å²) in [5, 5.41) is 6.65. The van der Waals surface area contributed by atoms with Crippen LogP contribution in [-0.2, 0) is 0 Å². The van der Waals surface area contributed by atoms with Crippen LogP contribution < -0.4 is 5.32 Å². The lowest BCUT2D eigenvalue weighted by atomic mass is 10.2. The van der Waals surface area contributed by atoms with Gasteiger partial charge in [-0.05, 0) is 23.6 Å². The van der Waals surface area contributed by atoms with Crippen molar-refractivity contribution < 1.29 is 0 Å². The summed E-state index contributed by atoms with van der Waals surface area (Å²) in [7, 11) is 1.88. The molecule has 1 N–H and O–H groups in total. The predicted octanol–water partition coefficient (Wildman–Crippen LogP) is 6.27. The molecule has 5 rings (SSSR count). The van der Waals surface area contributed by atoms with Crippen LogP contribution in [0.2, 0.25) is 0 Å². The number of aromatic nitrogens is 2. The van der Waals surface area contributed by atoms with Crippen molar-refractivity contribution in [1.29, 1.82) is 0 Å². The minimum atomic E-state index is 0.938. The molecule has 0 aliphatic carbocycles. The first-order valence-electron chi connectivity index (χ1n) is 9.27. The predicted molar refractivity (Wildman–Crippen MR) is 122 cm³/mol. The smallest absolute Gasteiger partial charge is 0.133 e. The average Bonchev–Trinajstić information content (AvgIpc) is 3.65. The Bertz CT molecular complexity index is 865. The number of nitrogens with zero attached hydrogens (tertiary/aromatic N) is 2. The van der Waals surface area contributed by atoms with E-state index in [1.54, 1.807) is 0 Å². The monoisotopic (exact) mass is 377 g/mol. The summed E-state index contributed by atoms with van der Waals surface area (Å²) in [6, 6.07) is 22.3. The maximum absolute atomic E-state index is 4.21. The molecule has 2 aromatic heterocycles. The molecular formula is C23H27N3S. The summed E-state index contributed by atoms with van der Waals surface area (Å²) in [4.78, 5) is 8.40. The molecular weight excluding hydrogens is 350 g/mol. The van der Waals surface area contributed by atoms with Gasteiger partial charge < -0.3 is 5.32 Å². The molecule has 1 saturated heterocycles. The van der Waals surface area contributed by atoms with Gasteiger partial charge >= 0.3 is 0 Å². The second-order valence-corrected chi connectivity index (χ2v) is 6.66. The van der Waals surface area contributed by atoms with Gasteiger partial charge in [-0.15, -0.1) is 0 Å². The molecule has 0 amide bonds. The first-order valence-corrected chi connectivity index (χ1v) is 10.4. The van der Waals surface area contributed by atoms with E-state index in [1.807, 2.05) is 87.5 Å². The summed E-state index contributed by atoms with van der Waals surface area (Å²) >= 11 is 2.00. The second-order valence-electron chi connectivity index (χ2n) is 5.44. The molecule has 0 atom stereocenters. The molecule has 3 nitrogen and oxygen atoms in total. The molecule has 3 heterocycles. The van der Waals surface area contributed by atoms with Gasteiger partial charge in [-0.25, -0.2) is 4.98 Å². The van der Waals surface area contributed by atoms with Gasteiger partial charge in [-0.2, -0.15) is 11.8 Å². The highest BCUT2D eigenvalue weighted by atomic mass is 32.2. The SMILES string of the molecule is C1CS1.CC.CNc1nccc2ccccc12.c1ccc2ncccc2c1. The zero-order valence-corrected chi connectivity index (χ0v) is 17.0. The third-order valence-corrected chi connectivity index (χ3v) is 4.04. The molecule has 0 saturated carbocycles. The third-order valence-electron chi connectivity index (χ3n) is 3.63. The number of nitrogens with one attached hydrogen (secondary N) is 1. The molecule has 4 heteroatoms. The lowest BCUT2D eigenvalue weighted by Gasteiger charge is -2.02. The Hall–Kier alpha value is -2.59. The molecule has 2 aromatic carbocycles. The lowest BCUT2D eigenvalue weighted by Crippen LogP contribution is -1.91. The van der Waals surface area contributed by atoms with Crippen LogP contribution in [0.25, 0.3) is 21.7 Å². The molecule has 0 bridgehead atoms. The van der Waals surface area contributed by atoms with Gasteiger partial charge in [0.15, 0.2) is 0 Å². The highest BCUT2D eigenvalue weighted by Crippen LogP contribution is 2.19. The first kappa shape index (κ1) is 20.7. The van der Waals surface area contributed by atoms with Crippen LogP contribution in [-0.4, -0.2) is 28.5 Å². The summed E-state index contributed by atoms with van der Waals surface area (Å²) in [6.45, 7) is 4.00. The van der Waals surface area contributed by atoms with E-state index in [4.69, 9.17) is 0 Å². The number of hydrogen-bond donors (Lipinski definition) is 1. The van der Waals surface area contributed by atoms with Crippen molar-refractivity contribution >= 4 is 39.3 Å². The molecule has 0 unspecified atom stereocenters. The van der Waals surface area contributed by atoms with E-state index in [0.29, 0.717) is 0 Å². The number of benzene rings is 2. The molecule has 1 fully saturated rings. The second kappa shape index (κ2) is 11.9. The molecule has 140 valence electrons. The molecule has 4 aromatic rings. The van der Waals surface area contributed by atoms with E-state index in [-0.39, 0.29) is 0 Å². The number of fused-ring (bicyclic) bond motifs is 2. The number of pyridine rings is 2. The van der Waals surface area contributed by atoms with Gasteiger partial charge in [0, 0.05) is 41.7 Å². The van der Waals surface area contributed by atoms with Crippen molar-refractivity contribution in [3.8, 4) is 0 Å². The Balaban J connectivity index is 0.000000157. The Morgan fingerprint density at radius 3 is 2.04 bits per heavy atom. The number of para-hydroxylation sites is 1. The van der Waals surface area contributed by atoms with Crippen LogP contribution in [0.1, 0.15) is 13.8 Å². The van der Waals surface area contributed by atoms with Crippen LogP contribution >= 0.6 is 11.8 Å². The summed E-state index contributed by atoms with van der Waals surface area (Å²) < 4.78 is 0. The fourth-order valence-electron chi connectivity index (χ4n) is 2.33. The van der Waals surface area contributed by atoms with E-state index in [2.05, 4.69) is 39.6 Å². The first-order chi connectivity index (χ1) is 13.4. The van der Waals surface area contributed by atoms with Crippen LogP contribution in [0, 0.1) is 0 Å². The van der Waals surface area contributed by atoms with Crippen LogP contribution in [0.15, 0.2) is 79.1 Å². The lowest BCUT2D eigenvalue weighted by molar-refractivity contribution is 1.32. The maximum atomic E-state index is 4.21. The van der Waals surface area contributed by atoms with Gasteiger partial charge in [-0.3, -0.25) is 4.98 Å². The fourth-order valence-corrected chi connectivity index (χ4v) is 2.33. The van der Waals surface area contributed by atoms with E-state index >= 15 is 0 Å². The Kier molecular flexibility index (Phi) is 9.14. The molecule has 1 aliphatic heterocycles. The molecule has 1 aliphatic rings. The topological polar surface area (TPSA) is 37.8 Å². The van der Waals surface area contributed by atoms with E-state index in [0.717, 1.165) is 11.3 Å². The minimum absolute atomic E-state index is 0.938. The van der Waals surface area contributed by atoms with Crippen molar-refractivity contribution in [3.63, 3.8) is 0 Å². The Morgan fingerprint density at radius 1 is 0.741 bits per heavy atom. The normalized spacial score (nSPS) is 11.1. The van der Waals surface area contributed by atoms with E-state index in [1.165, 1.54) is 27.7 Å². The quantitative estimate of drug-likeness (QED) is 0.397. The largest absolute Gasteiger partial charge is 0.373 e. The minimum Gasteiger partial charge on any atom is -0.373 e. The number of anilines is 1. The standard InChI is InChI=1S/C10H10N2.C9H7N.C2H4S.C2H6/c1-11-10-9-5-3-2-4-8(9)6-7-12-10;1-2-6-9-8(4-1)5-3-7-10-9;1-2-3-1;1-2/h2-7H,1H3,(H,11,12);1-7H;1-2H2;1-2H3. The van der Waals surface area contributed by atoms with Crippen molar-refractivity contribution in [2.24, 2.45) is 0 Å². The van der Waals surface area contributed by atoms with Crippen molar-refractivity contribution in [2.45, 2.75) is 13.8 Å². The van der Waals surface area contributed by atoms with Crippen LogP contribution in [0.3, 0.4) is 0 Å². The van der Waals surface area contributed by atoms with Gasteiger partial charge in [0.25, 0.3) is 0 Å². The van der Waals surface area contributed by atoms with Gasteiger partial charge in [-0.1, -0.05) is 62.4 Å². The number of rotatable bonds is 1. The summed E-state index contributed by atoms with van der Waals surface area (Å²) in [5.74, 6) is 3.77. The van der Waals surface area contributed by atoms with Gasteiger partial charge in [0.1, 0.15) is 5.82 Å². The Morgan fingerprint density at radius 2 is 1.37 bits per heavy atom. The van der Waals surface area contributed by atoms with Crippen molar-refractivity contribution in [1.82, 2.24) is 9.97 Å². The Labute approximate surface area is 166 Å². The average molecular weight is 378 g/mol. The maximum Gasteiger partial charge on any atom is 0.133 e. The van der Waals surface area contributed by atoms with E-state index in [9.17, 15) is 0 Å². The van der Waals surface area contributed by atoms with Crippen LogP contribution in [0.5, 0.6) is 0 Å². The highest BCUT2D eigenvalue weighted by molar-refractivity contribution is 8.06. The summed E-state index contributed by atoms with van der Waals surface area (Å²) in [6.07, 6.45) is 3.62.